The average molecular weight is 176 g/mol. The summed E-state index contributed by atoms with van der Waals surface area (Å²) < 4.78 is 36.9. The fourth-order valence-corrected chi connectivity index (χ4v) is 0.906. The number of anilines is 1. The number of alkyl halides is 2. The predicted molar refractivity (Wildman–Crippen MR) is 38.3 cm³/mol. The molecule has 0 aliphatic rings. The van der Waals surface area contributed by atoms with Crippen LogP contribution in [0.4, 0.5) is 18.9 Å². The number of nitrogens with two attached hydrogens (primary N) is 1. The Balaban J connectivity index is 3.33. The summed E-state index contributed by atoms with van der Waals surface area (Å²) in [7, 11) is 0. The van der Waals surface area contributed by atoms with Crippen molar-refractivity contribution in [1.82, 2.24) is 4.98 Å². The second kappa shape index (κ2) is 3.00. The summed E-state index contributed by atoms with van der Waals surface area (Å²) in [6, 6.07) is 0. The van der Waals surface area contributed by atoms with E-state index in [9.17, 15) is 13.2 Å². The van der Waals surface area contributed by atoms with E-state index in [0.717, 1.165) is 6.20 Å². The number of hydrogen-bond acceptors (Lipinski definition) is 2. The number of hydrogen-bond donors (Lipinski definition) is 1. The van der Waals surface area contributed by atoms with Crippen LogP contribution < -0.4 is 5.73 Å². The van der Waals surface area contributed by atoms with Crippen LogP contribution in [-0.4, -0.2) is 4.98 Å². The minimum Gasteiger partial charge on any atom is -0.395 e. The van der Waals surface area contributed by atoms with Crippen LogP contribution in [0.2, 0.25) is 0 Å². The zero-order chi connectivity index (χ0) is 9.30. The number of nitrogens with zero attached hydrogens (tertiary/aromatic N) is 1. The van der Waals surface area contributed by atoms with E-state index >= 15 is 0 Å². The van der Waals surface area contributed by atoms with Crippen LogP contribution in [-0.2, 0) is 0 Å². The number of rotatable bonds is 1. The van der Waals surface area contributed by atoms with Gasteiger partial charge in [0, 0.05) is 11.8 Å². The van der Waals surface area contributed by atoms with Gasteiger partial charge in [0.2, 0.25) is 5.95 Å². The third-order valence-corrected chi connectivity index (χ3v) is 1.53. The van der Waals surface area contributed by atoms with Gasteiger partial charge >= 0.3 is 0 Å². The van der Waals surface area contributed by atoms with E-state index < -0.39 is 23.6 Å². The minimum atomic E-state index is -2.76. The Kier molecular flexibility index (Phi) is 2.21. The van der Waals surface area contributed by atoms with Crippen molar-refractivity contribution in [3.8, 4) is 0 Å². The van der Waals surface area contributed by atoms with Gasteiger partial charge in [-0.25, -0.2) is 13.8 Å². The van der Waals surface area contributed by atoms with Crippen LogP contribution in [0.3, 0.4) is 0 Å². The third-order valence-electron chi connectivity index (χ3n) is 1.53. The quantitative estimate of drug-likeness (QED) is 0.665. The SMILES string of the molecule is Cc1cnc(F)c(N)c1C(F)F. The highest BCUT2D eigenvalue weighted by Gasteiger charge is 2.17. The molecule has 1 aromatic rings. The fraction of sp³-hybridized carbons (Fsp3) is 0.286. The molecule has 2 nitrogen and oxygen atoms in total. The van der Waals surface area contributed by atoms with Gasteiger partial charge in [-0.3, -0.25) is 0 Å². The summed E-state index contributed by atoms with van der Waals surface area (Å²) >= 11 is 0. The molecule has 0 unspecified atom stereocenters. The molecule has 12 heavy (non-hydrogen) atoms. The molecular formula is C7H7F3N2. The summed E-state index contributed by atoms with van der Waals surface area (Å²) in [6.45, 7) is 1.41. The van der Waals surface area contributed by atoms with Gasteiger partial charge in [0.25, 0.3) is 6.43 Å². The zero-order valence-electron chi connectivity index (χ0n) is 6.31. The number of aromatic nitrogens is 1. The van der Waals surface area contributed by atoms with E-state index in [4.69, 9.17) is 5.73 Å². The Morgan fingerprint density at radius 2 is 2.08 bits per heavy atom. The van der Waals surface area contributed by atoms with Gasteiger partial charge in [-0.1, -0.05) is 0 Å². The molecule has 0 saturated carbocycles. The molecule has 1 rings (SSSR count). The molecule has 0 aliphatic carbocycles. The highest BCUT2D eigenvalue weighted by molar-refractivity contribution is 5.49. The van der Waals surface area contributed by atoms with Crippen LogP contribution in [0.25, 0.3) is 0 Å². The van der Waals surface area contributed by atoms with Gasteiger partial charge in [-0.15, -0.1) is 0 Å². The first-order valence-corrected chi connectivity index (χ1v) is 3.22. The molecule has 0 spiro atoms. The van der Waals surface area contributed by atoms with E-state index in [1.54, 1.807) is 0 Å². The topological polar surface area (TPSA) is 38.9 Å². The first-order chi connectivity index (χ1) is 5.54. The maximum Gasteiger partial charge on any atom is 0.266 e. The number of halogens is 3. The van der Waals surface area contributed by atoms with Gasteiger partial charge in [0.1, 0.15) is 0 Å². The van der Waals surface area contributed by atoms with Crippen LogP contribution in [0.15, 0.2) is 6.20 Å². The highest BCUT2D eigenvalue weighted by atomic mass is 19.3. The second-order valence-electron chi connectivity index (χ2n) is 2.36. The smallest absolute Gasteiger partial charge is 0.266 e. The van der Waals surface area contributed by atoms with Crippen LogP contribution >= 0.6 is 0 Å². The number of aryl methyl sites for hydroxylation is 1. The monoisotopic (exact) mass is 176 g/mol. The largest absolute Gasteiger partial charge is 0.395 e. The predicted octanol–water partition coefficient (Wildman–Crippen LogP) is 2.05. The molecule has 1 aromatic heterocycles. The first-order valence-electron chi connectivity index (χ1n) is 3.22. The molecule has 0 amide bonds. The minimum absolute atomic E-state index is 0.198. The molecular weight excluding hydrogens is 169 g/mol. The van der Waals surface area contributed by atoms with Crippen molar-refractivity contribution < 1.29 is 13.2 Å². The molecule has 0 aromatic carbocycles. The second-order valence-corrected chi connectivity index (χ2v) is 2.36. The van der Waals surface area contributed by atoms with Crippen molar-refractivity contribution in [2.75, 3.05) is 5.73 Å². The summed E-state index contributed by atoms with van der Waals surface area (Å²) in [5.41, 5.74) is 4.23. The van der Waals surface area contributed by atoms with E-state index in [-0.39, 0.29) is 5.56 Å². The van der Waals surface area contributed by atoms with Crippen molar-refractivity contribution in [2.45, 2.75) is 13.3 Å². The molecule has 66 valence electrons. The van der Waals surface area contributed by atoms with E-state index in [1.807, 2.05) is 0 Å². The molecule has 0 fully saturated rings. The molecule has 0 bridgehead atoms. The van der Waals surface area contributed by atoms with E-state index in [2.05, 4.69) is 4.98 Å². The maximum absolute atomic E-state index is 12.6. The van der Waals surface area contributed by atoms with Gasteiger partial charge in [-0.2, -0.15) is 4.39 Å². The van der Waals surface area contributed by atoms with Crippen LogP contribution in [0.1, 0.15) is 17.6 Å². The molecule has 1 heterocycles. The summed E-state index contributed by atoms with van der Waals surface area (Å²) in [5.74, 6) is -1.05. The zero-order valence-corrected chi connectivity index (χ0v) is 6.31. The molecule has 0 radical (unpaired) electrons. The number of pyridine rings is 1. The van der Waals surface area contributed by atoms with Crippen molar-refractivity contribution >= 4 is 5.69 Å². The highest BCUT2D eigenvalue weighted by Crippen LogP contribution is 2.28. The van der Waals surface area contributed by atoms with Crippen LogP contribution in [0, 0.1) is 12.9 Å². The van der Waals surface area contributed by atoms with Gasteiger partial charge in [0.15, 0.2) is 0 Å². The van der Waals surface area contributed by atoms with Crippen molar-refractivity contribution in [2.24, 2.45) is 0 Å². The van der Waals surface area contributed by atoms with Gasteiger partial charge < -0.3 is 5.73 Å². The van der Waals surface area contributed by atoms with E-state index in [1.165, 1.54) is 6.92 Å². The third kappa shape index (κ3) is 1.34. The summed E-state index contributed by atoms with van der Waals surface area (Å²) in [5, 5.41) is 0. The Morgan fingerprint density at radius 3 is 2.50 bits per heavy atom. The Hall–Kier alpha value is -1.26. The van der Waals surface area contributed by atoms with Crippen molar-refractivity contribution in [3.63, 3.8) is 0 Å². The maximum atomic E-state index is 12.6. The average Bonchev–Trinajstić information content (AvgIpc) is 1.97. The lowest BCUT2D eigenvalue weighted by molar-refractivity contribution is 0.151. The molecule has 2 N–H and O–H groups in total. The van der Waals surface area contributed by atoms with Crippen molar-refractivity contribution in [1.29, 1.82) is 0 Å². The lowest BCUT2D eigenvalue weighted by atomic mass is 10.1. The molecule has 0 aliphatic heterocycles. The van der Waals surface area contributed by atoms with Crippen molar-refractivity contribution in [3.05, 3.63) is 23.3 Å². The Labute approximate surface area is 67.2 Å². The summed E-state index contributed by atoms with van der Waals surface area (Å²) in [4.78, 5) is 3.20. The molecule has 0 atom stereocenters. The normalized spacial score (nSPS) is 10.8. The fourth-order valence-electron chi connectivity index (χ4n) is 0.906. The van der Waals surface area contributed by atoms with E-state index in [0.29, 0.717) is 0 Å². The molecule has 5 heteroatoms. The lowest BCUT2D eigenvalue weighted by Crippen LogP contribution is -2.03. The Morgan fingerprint density at radius 1 is 1.50 bits per heavy atom. The molecule has 0 saturated heterocycles. The summed E-state index contributed by atoms with van der Waals surface area (Å²) in [6.07, 6.45) is -1.73. The van der Waals surface area contributed by atoms with Gasteiger partial charge in [0.05, 0.1) is 5.69 Å². The standard InChI is InChI=1S/C7H7F3N2/c1-3-2-12-7(10)5(11)4(3)6(8)9/h2,6H,11H2,1H3. The lowest BCUT2D eigenvalue weighted by Gasteiger charge is -2.07. The first kappa shape index (κ1) is 8.83. The van der Waals surface area contributed by atoms with Gasteiger partial charge in [-0.05, 0) is 12.5 Å². The number of nitrogen functional groups attached to an aromatic ring is 1. The Bertz CT molecular complexity index is 299. The van der Waals surface area contributed by atoms with Crippen LogP contribution in [0.5, 0.6) is 0 Å².